The quantitative estimate of drug-likeness (QED) is 0.0213. The van der Waals surface area contributed by atoms with Gasteiger partial charge in [0.2, 0.25) is 11.8 Å². The summed E-state index contributed by atoms with van der Waals surface area (Å²) >= 11 is 0. The number of nitrogens with one attached hydrogen (secondary N) is 2. The third-order valence-electron chi connectivity index (χ3n) is 10.2. The van der Waals surface area contributed by atoms with Crippen molar-refractivity contribution in [2.24, 2.45) is 0 Å². The lowest BCUT2D eigenvalue weighted by atomic mass is 10.0. The van der Waals surface area contributed by atoms with Gasteiger partial charge in [-0.1, -0.05) is 102 Å². The molecule has 0 aliphatic heterocycles. The van der Waals surface area contributed by atoms with Crippen molar-refractivity contribution in [1.82, 2.24) is 10.6 Å². The molecule has 0 spiro atoms. The van der Waals surface area contributed by atoms with Crippen LogP contribution < -0.4 is 10.6 Å². The maximum Gasteiger partial charge on any atom is 0.362 e. The third-order valence-corrected chi connectivity index (χ3v) is 10.2. The predicted molar refractivity (Wildman–Crippen MR) is 244 cm³/mol. The lowest BCUT2D eigenvalue weighted by Crippen LogP contribution is -2.42. The molecule has 0 rings (SSSR count). The maximum absolute atomic E-state index is 12.4. The molecule has 2 amide bonds. The number of hydrogen-bond acceptors (Lipinski definition) is 8. The summed E-state index contributed by atoms with van der Waals surface area (Å²) in [4.78, 5) is 49.2. The average molecular weight is 853 g/mol. The molecule has 0 fully saturated rings. The highest BCUT2D eigenvalue weighted by atomic mass is 16.6. The van der Waals surface area contributed by atoms with Crippen LogP contribution in [0.5, 0.6) is 0 Å². The van der Waals surface area contributed by atoms with Crippen molar-refractivity contribution in [2.45, 2.75) is 192 Å². The van der Waals surface area contributed by atoms with Crippen molar-refractivity contribution in [3.63, 3.8) is 0 Å². The van der Waals surface area contributed by atoms with Gasteiger partial charge in [-0.25, -0.2) is 9.59 Å². The van der Waals surface area contributed by atoms with Gasteiger partial charge < -0.3 is 39.3 Å². The number of nitrogens with zero attached hydrogens (tertiary/aromatic N) is 2. The van der Waals surface area contributed by atoms with E-state index >= 15 is 0 Å². The van der Waals surface area contributed by atoms with Crippen LogP contribution in [0, 0.1) is 0 Å². The number of quaternary nitrogens is 2. The van der Waals surface area contributed by atoms with E-state index in [9.17, 15) is 29.4 Å². The molecule has 0 radical (unpaired) electrons. The minimum atomic E-state index is -0.697. The monoisotopic (exact) mass is 853 g/mol. The van der Waals surface area contributed by atoms with Gasteiger partial charge in [0.25, 0.3) is 0 Å². The van der Waals surface area contributed by atoms with Crippen LogP contribution in [0.15, 0.2) is 24.3 Å². The van der Waals surface area contributed by atoms with Crippen LogP contribution in [-0.2, 0) is 28.7 Å². The van der Waals surface area contributed by atoms with E-state index in [1.54, 1.807) is 0 Å². The topological polar surface area (TPSA) is 151 Å². The average Bonchev–Trinajstić information content (AvgIpc) is 3.15. The fourth-order valence-corrected chi connectivity index (χ4v) is 6.78. The Bertz CT molecular complexity index is 1090. The molecule has 0 saturated heterocycles. The van der Waals surface area contributed by atoms with Crippen LogP contribution in [0.25, 0.3) is 0 Å². The van der Waals surface area contributed by atoms with Gasteiger partial charge in [0, 0.05) is 25.9 Å². The second-order valence-corrected chi connectivity index (χ2v) is 18.8. The number of amides is 2. The lowest BCUT2D eigenvalue weighted by molar-refractivity contribution is -0.862. The van der Waals surface area contributed by atoms with Crippen LogP contribution in [0.1, 0.15) is 168 Å². The van der Waals surface area contributed by atoms with Gasteiger partial charge >= 0.3 is 11.9 Å². The van der Waals surface area contributed by atoms with Crippen LogP contribution in [0.4, 0.5) is 0 Å². The molecule has 0 aliphatic carbocycles. The van der Waals surface area contributed by atoms with E-state index in [-0.39, 0.29) is 36.8 Å². The van der Waals surface area contributed by atoms with Crippen LogP contribution in [0.2, 0.25) is 0 Å². The molecular weight excluding hydrogens is 761 g/mol. The van der Waals surface area contributed by atoms with Gasteiger partial charge in [0.1, 0.15) is 12.2 Å². The number of unbranched alkanes of at least 4 members (excludes halogenated alkanes) is 14. The summed E-state index contributed by atoms with van der Waals surface area (Å²) in [6, 6.07) is 0. The van der Waals surface area contributed by atoms with E-state index in [1.807, 2.05) is 54.4 Å². The Balaban J connectivity index is 3.94. The minimum Gasteiger partial charge on any atom is -0.455 e. The Kier molecular flexibility index (Phi) is 34.1. The molecule has 4 atom stereocenters. The van der Waals surface area contributed by atoms with E-state index in [2.05, 4.69) is 36.6 Å². The first-order valence-electron chi connectivity index (χ1n) is 23.7. The molecule has 0 heterocycles. The zero-order valence-corrected chi connectivity index (χ0v) is 39.7. The lowest BCUT2D eigenvalue weighted by Gasteiger charge is -2.26. The van der Waals surface area contributed by atoms with Crippen molar-refractivity contribution in [3.8, 4) is 0 Å². The third kappa shape index (κ3) is 37.0. The number of rotatable bonds is 39. The van der Waals surface area contributed by atoms with Gasteiger partial charge in [-0.05, 0) is 77.0 Å². The number of aliphatic hydroxyl groups is 2. The van der Waals surface area contributed by atoms with Crippen LogP contribution in [-0.4, -0.2) is 136 Å². The molecule has 12 heteroatoms. The highest BCUT2D eigenvalue weighted by molar-refractivity contribution is 5.77. The number of esters is 2. The number of aliphatic hydroxyl groups excluding tert-OH is 2. The Labute approximate surface area is 366 Å². The molecule has 60 heavy (non-hydrogen) atoms. The SMILES string of the molecule is CCCCCC(OC(=O)C[N+](C)(C)C)C(O)C/C=C/CCCCCCCC(=O)NCCNC(=O)CCCCCCC/C=C/CC(O)C(CCCCC)OC(=O)C[N+](C)(C)C. The Morgan fingerprint density at radius 1 is 0.500 bits per heavy atom. The Morgan fingerprint density at radius 2 is 0.850 bits per heavy atom. The number of hydrogen-bond donors (Lipinski definition) is 4. The first-order valence-corrected chi connectivity index (χ1v) is 23.7. The Hall–Kier alpha value is -2.80. The van der Waals surface area contributed by atoms with Gasteiger partial charge in [-0.3, -0.25) is 9.59 Å². The standard InChI is InChI=1S/C48H90N4O8/c1-9-11-25-33-43(59-47(57)39-51(3,4)5)41(53)31-27-21-17-13-15-19-23-29-35-45(55)49-37-38-50-46(56)36-30-24-20-16-14-18-22-28-32-42(54)44(34-26-12-10-2)60-48(58)40-52(6,7)8/h21-22,27-28,41-44,53-54H,9-20,23-26,29-40H2,1-8H3/p+2/b27-21+,28-22+. The first kappa shape index (κ1) is 57.2. The molecule has 0 saturated carbocycles. The van der Waals surface area contributed by atoms with Crippen LogP contribution >= 0.6 is 0 Å². The molecular formula is C48H92N4O8+2. The predicted octanol–water partition coefficient (Wildman–Crippen LogP) is 7.69. The van der Waals surface area contributed by atoms with Gasteiger partial charge in [0.15, 0.2) is 13.1 Å². The molecule has 4 N–H and O–H groups in total. The van der Waals surface area contributed by atoms with Crippen LogP contribution in [0.3, 0.4) is 0 Å². The fourth-order valence-electron chi connectivity index (χ4n) is 6.78. The molecule has 0 aromatic heterocycles. The molecule has 0 aromatic carbocycles. The molecule has 12 nitrogen and oxygen atoms in total. The summed E-state index contributed by atoms with van der Waals surface area (Å²) in [5, 5.41) is 27.3. The summed E-state index contributed by atoms with van der Waals surface area (Å²) < 4.78 is 12.4. The highest BCUT2D eigenvalue weighted by Crippen LogP contribution is 2.17. The van der Waals surface area contributed by atoms with E-state index in [4.69, 9.17) is 9.47 Å². The molecule has 0 bridgehead atoms. The number of carbonyl (C=O) groups is 4. The van der Waals surface area contributed by atoms with Gasteiger partial charge in [-0.15, -0.1) is 0 Å². The maximum atomic E-state index is 12.4. The minimum absolute atomic E-state index is 0.0241. The summed E-state index contributed by atoms with van der Waals surface area (Å²) in [6.07, 6.45) is 27.3. The molecule has 350 valence electrons. The van der Waals surface area contributed by atoms with Crippen molar-refractivity contribution >= 4 is 23.8 Å². The summed E-state index contributed by atoms with van der Waals surface area (Å²) in [6.45, 7) is 5.70. The second-order valence-electron chi connectivity index (χ2n) is 18.8. The van der Waals surface area contributed by atoms with Crippen molar-refractivity contribution in [3.05, 3.63) is 24.3 Å². The van der Waals surface area contributed by atoms with Crippen molar-refractivity contribution in [1.29, 1.82) is 0 Å². The largest absolute Gasteiger partial charge is 0.455 e. The van der Waals surface area contributed by atoms with Gasteiger partial charge in [-0.2, -0.15) is 0 Å². The number of carbonyl (C=O) groups excluding carboxylic acids is 4. The Morgan fingerprint density at radius 3 is 1.20 bits per heavy atom. The van der Waals surface area contributed by atoms with Gasteiger partial charge in [0.05, 0.1) is 54.5 Å². The van der Waals surface area contributed by atoms with Crippen molar-refractivity contribution in [2.75, 3.05) is 68.5 Å². The smallest absolute Gasteiger partial charge is 0.362 e. The summed E-state index contributed by atoms with van der Waals surface area (Å²) in [5.41, 5.74) is 0. The van der Waals surface area contributed by atoms with E-state index in [0.29, 0.717) is 60.6 Å². The normalized spacial score (nSPS) is 14.2. The van der Waals surface area contributed by atoms with E-state index in [1.165, 1.54) is 0 Å². The molecule has 0 aliphatic rings. The second kappa shape index (κ2) is 35.8. The molecule has 4 unspecified atom stereocenters. The van der Waals surface area contributed by atoms with Crippen molar-refractivity contribution < 1.29 is 47.8 Å². The zero-order chi connectivity index (χ0) is 45.1. The highest BCUT2D eigenvalue weighted by Gasteiger charge is 2.26. The summed E-state index contributed by atoms with van der Waals surface area (Å²) in [7, 11) is 11.7. The zero-order valence-electron chi connectivity index (χ0n) is 39.7. The van der Waals surface area contributed by atoms with E-state index < -0.39 is 24.4 Å². The van der Waals surface area contributed by atoms with E-state index in [0.717, 1.165) is 116 Å². The number of allylic oxidation sites excluding steroid dienone is 2. The number of ether oxygens (including phenoxy) is 2. The fraction of sp³-hybridized carbons (Fsp3) is 0.833. The first-order chi connectivity index (χ1) is 28.5. The molecule has 0 aromatic rings. The number of likely N-dealkylation sites (N-methyl/N-ethyl adjacent to an activating group) is 2. The summed E-state index contributed by atoms with van der Waals surface area (Å²) in [5.74, 6) is -0.486.